The number of aromatic nitrogens is 1. The number of amides is 1. The predicted molar refractivity (Wildman–Crippen MR) is 123 cm³/mol. The number of benzene rings is 2. The number of carbonyl (C=O) groups is 2. The third-order valence-corrected chi connectivity index (χ3v) is 5.79. The summed E-state index contributed by atoms with van der Waals surface area (Å²) in [5, 5.41) is 2.67. The highest BCUT2D eigenvalue weighted by Crippen LogP contribution is 2.33. The number of pyridine rings is 1. The fourth-order valence-corrected chi connectivity index (χ4v) is 4.01. The van der Waals surface area contributed by atoms with Crippen molar-refractivity contribution in [1.29, 1.82) is 0 Å². The fourth-order valence-electron chi connectivity index (χ4n) is 4.01. The Balaban J connectivity index is 1.61. The van der Waals surface area contributed by atoms with Gasteiger partial charge in [0, 0.05) is 23.7 Å². The largest absolute Gasteiger partial charge is 0.497 e. The maximum atomic E-state index is 12.9. The Kier molecular flexibility index (Phi) is 6.17. The first-order valence-corrected chi connectivity index (χ1v) is 10.4. The molecule has 1 aliphatic carbocycles. The third-order valence-electron chi connectivity index (χ3n) is 5.79. The lowest BCUT2D eigenvalue weighted by atomic mass is 9.81. The number of fused-ring (bicyclic) bond motifs is 1. The fraction of sp³-hybridized carbons (Fsp3) is 0.240. The van der Waals surface area contributed by atoms with E-state index in [0.717, 1.165) is 11.3 Å². The van der Waals surface area contributed by atoms with E-state index >= 15 is 0 Å². The second kappa shape index (κ2) is 9.20. The van der Waals surface area contributed by atoms with E-state index in [-0.39, 0.29) is 23.7 Å². The first-order valence-electron chi connectivity index (χ1n) is 10.4. The molecule has 8 heteroatoms. The van der Waals surface area contributed by atoms with Gasteiger partial charge in [0.05, 0.1) is 27.0 Å². The molecule has 0 bridgehead atoms. The van der Waals surface area contributed by atoms with E-state index in [9.17, 15) is 14.4 Å². The number of carbonyl (C=O) groups excluding carboxylic acids is 2. The van der Waals surface area contributed by atoms with E-state index in [0.29, 0.717) is 34.9 Å². The van der Waals surface area contributed by atoms with Gasteiger partial charge >= 0.3 is 0 Å². The molecule has 33 heavy (non-hydrogen) atoms. The van der Waals surface area contributed by atoms with E-state index in [1.807, 2.05) is 24.3 Å². The van der Waals surface area contributed by atoms with Crippen LogP contribution in [-0.4, -0.2) is 38.0 Å². The molecule has 0 fully saturated rings. The number of hydrogen-bond donors (Lipinski definition) is 2. The number of aromatic amines is 1. The molecule has 1 atom stereocenters. The van der Waals surface area contributed by atoms with Crippen molar-refractivity contribution in [1.82, 2.24) is 4.98 Å². The topological polar surface area (TPSA) is 107 Å². The standard InChI is InChI=1S/C25H24N2O6/c1-31-16-6-4-14(5-7-16)15-10-20-18(22(28)11-15)13-19(24(29)26-20)25(30)27-21-12-17(32-2)8-9-23(21)33-3/h4-9,12-13,15H,10-11H2,1-3H3,(H,26,29)(H,27,30)/t15-/m0/s1. The van der Waals surface area contributed by atoms with Gasteiger partial charge in [-0.3, -0.25) is 14.4 Å². The van der Waals surface area contributed by atoms with Crippen LogP contribution >= 0.6 is 0 Å². The highest BCUT2D eigenvalue weighted by Gasteiger charge is 2.29. The Hall–Kier alpha value is -4.07. The van der Waals surface area contributed by atoms with Crippen molar-refractivity contribution in [3.63, 3.8) is 0 Å². The Morgan fingerprint density at radius 2 is 1.61 bits per heavy atom. The number of anilines is 1. The summed E-state index contributed by atoms with van der Waals surface area (Å²) >= 11 is 0. The van der Waals surface area contributed by atoms with Crippen LogP contribution in [0.4, 0.5) is 5.69 Å². The van der Waals surface area contributed by atoms with Crippen molar-refractivity contribution >= 4 is 17.4 Å². The smallest absolute Gasteiger partial charge is 0.261 e. The molecule has 3 aromatic rings. The van der Waals surface area contributed by atoms with Crippen LogP contribution in [0, 0.1) is 0 Å². The lowest BCUT2D eigenvalue weighted by molar-refractivity contribution is 0.0963. The Morgan fingerprint density at radius 1 is 0.909 bits per heavy atom. The van der Waals surface area contributed by atoms with Gasteiger partial charge < -0.3 is 24.5 Å². The van der Waals surface area contributed by atoms with E-state index in [4.69, 9.17) is 14.2 Å². The number of methoxy groups -OCH3 is 3. The molecule has 170 valence electrons. The van der Waals surface area contributed by atoms with Crippen LogP contribution in [0.15, 0.2) is 53.3 Å². The Bertz CT molecular complexity index is 1260. The average Bonchev–Trinajstić information content (AvgIpc) is 2.83. The monoisotopic (exact) mass is 448 g/mol. The molecule has 0 radical (unpaired) electrons. The Morgan fingerprint density at radius 3 is 2.27 bits per heavy atom. The first kappa shape index (κ1) is 22.1. The zero-order valence-electron chi connectivity index (χ0n) is 18.6. The van der Waals surface area contributed by atoms with Crippen LogP contribution in [0.25, 0.3) is 0 Å². The van der Waals surface area contributed by atoms with Gasteiger partial charge in [0.15, 0.2) is 5.78 Å². The zero-order chi connectivity index (χ0) is 23.5. The normalized spacial score (nSPS) is 14.9. The molecular weight excluding hydrogens is 424 g/mol. The molecule has 1 aromatic heterocycles. The molecular formula is C25H24N2O6. The van der Waals surface area contributed by atoms with Gasteiger partial charge in [-0.05, 0) is 48.2 Å². The van der Waals surface area contributed by atoms with E-state index in [2.05, 4.69) is 10.3 Å². The van der Waals surface area contributed by atoms with E-state index in [1.54, 1.807) is 25.3 Å². The van der Waals surface area contributed by atoms with Gasteiger partial charge in [0.25, 0.3) is 11.5 Å². The summed E-state index contributed by atoms with van der Waals surface area (Å²) < 4.78 is 15.6. The van der Waals surface area contributed by atoms with Crippen molar-refractivity contribution in [2.24, 2.45) is 0 Å². The van der Waals surface area contributed by atoms with Crippen LogP contribution in [0.2, 0.25) is 0 Å². The summed E-state index contributed by atoms with van der Waals surface area (Å²) in [6.07, 6.45) is 0.782. The van der Waals surface area contributed by atoms with Gasteiger partial charge in [-0.25, -0.2) is 0 Å². The van der Waals surface area contributed by atoms with Gasteiger partial charge in [-0.15, -0.1) is 0 Å². The molecule has 0 saturated carbocycles. The van der Waals surface area contributed by atoms with Gasteiger partial charge in [0.1, 0.15) is 22.8 Å². The zero-order valence-corrected chi connectivity index (χ0v) is 18.6. The molecule has 0 unspecified atom stereocenters. The molecule has 4 rings (SSSR count). The van der Waals surface area contributed by atoms with Gasteiger partial charge in [0.2, 0.25) is 0 Å². The SMILES string of the molecule is COc1ccc([C@@H]2CC(=O)c3cc(C(=O)Nc4cc(OC)ccc4OC)c(=O)[nH]c3C2)cc1. The molecule has 0 aliphatic heterocycles. The van der Waals surface area contributed by atoms with Crippen LogP contribution in [0.3, 0.4) is 0 Å². The maximum Gasteiger partial charge on any atom is 0.261 e. The molecule has 0 saturated heterocycles. The summed E-state index contributed by atoms with van der Waals surface area (Å²) in [4.78, 5) is 41.3. The summed E-state index contributed by atoms with van der Waals surface area (Å²) in [6.45, 7) is 0. The molecule has 1 amide bonds. The summed E-state index contributed by atoms with van der Waals surface area (Å²) in [7, 11) is 4.58. The van der Waals surface area contributed by atoms with Crippen molar-refractivity contribution in [3.8, 4) is 17.2 Å². The van der Waals surface area contributed by atoms with Crippen molar-refractivity contribution in [2.45, 2.75) is 18.8 Å². The van der Waals surface area contributed by atoms with Crippen molar-refractivity contribution in [3.05, 3.63) is 81.3 Å². The van der Waals surface area contributed by atoms with Crippen LogP contribution in [-0.2, 0) is 6.42 Å². The summed E-state index contributed by atoms with van der Waals surface area (Å²) in [6, 6.07) is 13.8. The highest BCUT2D eigenvalue weighted by molar-refractivity contribution is 6.07. The van der Waals surface area contributed by atoms with Crippen molar-refractivity contribution < 1.29 is 23.8 Å². The number of Topliss-reactive ketones (excluding diaryl/α,β-unsaturated/α-hetero) is 1. The minimum Gasteiger partial charge on any atom is -0.497 e. The van der Waals surface area contributed by atoms with Gasteiger partial charge in [-0.1, -0.05) is 12.1 Å². The van der Waals surface area contributed by atoms with E-state index < -0.39 is 11.5 Å². The highest BCUT2D eigenvalue weighted by atomic mass is 16.5. The lowest BCUT2D eigenvalue weighted by Gasteiger charge is -2.24. The molecule has 2 N–H and O–H groups in total. The average molecular weight is 448 g/mol. The van der Waals surface area contributed by atoms with Crippen LogP contribution in [0.1, 0.15) is 44.3 Å². The quantitative estimate of drug-likeness (QED) is 0.597. The van der Waals surface area contributed by atoms with E-state index in [1.165, 1.54) is 20.3 Å². The second-order valence-corrected chi connectivity index (χ2v) is 7.73. The number of nitrogens with one attached hydrogen (secondary N) is 2. The molecule has 8 nitrogen and oxygen atoms in total. The number of H-pyrrole nitrogens is 1. The summed E-state index contributed by atoms with van der Waals surface area (Å²) in [5.41, 5.74) is 1.54. The first-order chi connectivity index (χ1) is 15.9. The molecule has 1 heterocycles. The number of hydrogen-bond acceptors (Lipinski definition) is 6. The predicted octanol–water partition coefficient (Wildman–Crippen LogP) is 3.57. The minimum atomic E-state index is -0.643. The van der Waals surface area contributed by atoms with Crippen LogP contribution in [0.5, 0.6) is 17.2 Å². The number of ketones is 1. The molecule has 1 aliphatic rings. The van der Waals surface area contributed by atoms with Gasteiger partial charge in [-0.2, -0.15) is 0 Å². The maximum absolute atomic E-state index is 12.9. The van der Waals surface area contributed by atoms with Crippen LogP contribution < -0.4 is 25.1 Å². The lowest BCUT2D eigenvalue weighted by Crippen LogP contribution is -2.29. The minimum absolute atomic E-state index is 0.0627. The third kappa shape index (κ3) is 4.45. The Labute approximate surface area is 190 Å². The second-order valence-electron chi connectivity index (χ2n) is 7.73. The molecule has 0 spiro atoms. The molecule has 2 aromatic carbocycles. The number of ether oxygens (including phenoxy) is 3. The summed E-state index contributed by atoms with van der Waals surface area (Å²) in [5.74, 6) is 0.837. The number of rotatable bonds is 6. The van der Waals surface area contributed by atoms with Crippen molar-refractivity contribution in [2.75, 3.05) is 26.6 Å².